The van der Waals surface area contributed by atoms with E-state index in [0.717, 1.165) is 12.8 Å². The molecule has 0 amide bonds. The van der Waals surface area contributed by atoms with Crippen molar-refractivity contribution in [2.75, 3.05) is 6.61 Å². The summed E-state index contributed by atoms with van der Waals surface area (Å²) in [7, 11) is -2.66. The Kier molecular flexibility index (Phi) is 10.5. The molecule has 1 aliphatic rings. The highest BCUT2D eigenvalue weighted by molar-refractivity contribution is 6.99. The molecule has 0 saturated heterocycles. The van der Waals surface area contributed by atoms with Crippen molar-refractivity contribution in [1.29, 1.82) is 0 Å². The van der Waals surface area contributed by atoms with Gasteiger partial charge in [-0.05, 0) is 65.3 Å². The van der Waals surface area contributed by atoms with Crippen molar-refractivity contribution in [3.63, 3.8) is 0 Å². The molecule has 204 valence electrons. The monoisotopic (exact) mass is 532 g/mol. The van der Waals surface area contributed by atoms with E-state index in [-0.39, 0.29) is 23.2 Å². The number of benzene rings is 2. The van der Waals surface area contributed by atoms with Gasteiger partial charge in [-0.1, -0.05) is 101 Å². The predicted octanol–water partition coefficient (Wildman–Crippen LogP) is 6.08. The average molecular weight is 533 g/mol. The van der Waals surface area contributed by atoms with Crippen LogP contribution >= 0.6 is 0 Å². The van der Waals surface area contributed by atoms with Crippen molar-refractivity contribution >= 4 is 30.4 Å². The lowest BCUT2D eigenvalue weighted by Crippen LogP contribution is -2.66. The van der Waals surface area contributed by atoms with Gasteiger partial charge in [0.05, 0.1) is 6.42 Å². The number of carboxylic acid groups (broad SMARTS) is 1. The van der Waals surface area contributed by atoms with Crippen LogP contribution in [-0.2, 0) is 14.0 Å². The van der Waals surface area contributed by atoms with E-state index < -0.39 is 20.2 Å². The molecule has 2 aromatic rings. The first-order valence-electron chi connectivity index (χ1n) is 14.0. The lowest BCUT2D eigenvalue weighted by Gasteiger charge is -2.43. The van der Waals surface area contributed by atoms with Gasteiger partial charge in [-0.3, -0.25) is 9.59 Å². The van der Waals surface area contributed by atoms with E-state index in [0.29, 0.717) is 31.3 Å². The third kappa shape index (κ3) is 7.68. The van der Waals surface area contributed by atoms with Crippen LogP contribution in [0.15, 0.2) is 60.7 Å². The molecule has 0 heterocycles. The largest absolute Gasteiger partial charge is 0.481 e. The molecule has 0 bridgehead atoms. The van der Waals surface area contributed by atoms with Crippen molar-refractivity contribution in [2.24, 2.45) is 23.7 Å². The summed E-state index contributed by atoms with van der Waals surface area (Å²) in [6.07, 6.45) is 4.18. The third-order valence-electron chi connectivity index (χ3n) is 7.66. The highest BCUT2D eigenvalue weighted by Crippen LogP contribution is 2.38. The highest BCUT2D eigenvalue weighted by atomic mass is 28.4. The molecule has 4 nitrogen and oxygen atoms in total. The molecule has 0 spiro atoms. The Bertz CT molecular complexity index is 1060. The number of hydrogen-bond donors (Lipinski definition) is 1. The number of rotatable bonds is 12. The first-order chi connectivity index (χ1) is 18.0. The van der Waals surface area contributed by atoms with Gasteiger partial charge in [-0.15, -0.1) is 0 Å². The predicted molar refractivity (Wildman–Crippen MR) is 157 cm³/mol. The molecule has 0 radical (unpaired) electrons. The quantitative estimate of drug-likeness (QED) is 0.156. The van der Waals surface area contributed by atoms with E-state index in [1.807, 2.05) is 12.1 Å². The van der Waals surface area contributed by atoms with Crippen molar-refractivity contribution < 1.29 is 19.1 Å². The van der Waals surface area contributed by atoms with Gasteiger partial charge in [0.15, 0.2) is 0 Å². The molecule has 2 aromatic carbocycles. The van der Waals surface area contributed by atoms with E-state index in [1.54, 1.807) is 0 Å². The third-order valence-corrected chi connectivity index (χ3v) is 12.7. The fourth-order valence-electron chi connectivity index (χ4n) is 5.84. The van der Waals surface area contributed by atoms with Crippen LogP contribution in [0.2, 0.25) is 5.04 Å². The van der Waals surface area contributed by atoms with Crippen LogP contribution in [-0.4, -0.2) is 31.8 Å². The zero-order valence-corrected chi connectivity index (χ0v) is 24.7. The maximum Gasteiger partial charge on any atom is 0.304 e. The number of carbonyl (C=O) groups excluding carboxylic acids is 1. The number of Topliss-reactive ketones (excluding diaryl/α,β-unsaturated/α-hetero) is 1. The molecule has 0 aromatic heterocycles. The van der Waals surface area contributed by atoms with Crippen molar-refractivity contribution in [3.05, 3.63) is 60.7 Å². The van der Waals surface area contributed by atoms with Crippen LogP contribution < -0.4 is 10.4 Å². The number of carboxylic acids is 1. The minimum Gasteiger partial charge on any atom is -0.481 e. The number of hydrogen-bond acceptors (Lipinski definition) is 3. The molecule has 0 aliphatic heterocycles. The maximum atomic E-state index is 12.9. The Morgan fingerprint density at radius 1 is 1.00 bits per heavy atom. The minimum atomic E-state index is -2.66. The lowest BCUT2D eigenvalue weighted by molar-refractivity contribution is -0.140. The number of aliphatic carboxylic acids is 1. The summed E-state index contributed by atoms with van der Waals surface area (Å²) in [5.74, 6) is 5.80. The van der Waals surface area contributed by atoms with Crippen LogP contribution in [0.3, 0.4) is 0 Å². The first kappa shape index (κ1) is 29.9. The molecule has 1 fully saturated rings. The summed E-state index contributed by atoms with van der Waals surface area (Å²) in [6.45, 7) is 11.6. The standard InChI is InChI=1S/C33H44O4Si/c1-25(2)21-27-22-26(23-27)18-19-31(34)28(24-32(35)36)13-12-20-37-38(33(3,4)5,29-14-8-6-9-15-29)30-16-10-7-11-17-30/h6-11,14-17,25-28H,12-13,20-24H2,1-5H3,(H,35,36). The van der Waals surface area contributed by atoms with Crippen LogP contribution in [0.25, 0.3) is 0 Å². The summed E-state index contributed by atoms with van der Waals surface area (Å²) >= 11 is 0. The van der Waals surface area contributed by atoms with E-state index in [9.17, 15) is 14.7 Å². The second-order valence-electron chi connectivity index (χ2n) is 12.2. The van der Waals surface area contributed by atoms with Crippen LogP contribution in [0.1, 0.15) is 73.1 Å². The summed E-state index contributed by atoms with van der Waals surface area (Å²) in [4.78, 5) is 24.4. The highest BCUT2D eigenvalue weighted by Gasteiger charge is 2.50. The zero-order chi connectivity index (χ0) is 27.8. The zero-order valence-electron chi connectivity index (χ0n) is 23.7. The van der Waals surface area contributed by atoms with Crippen molar-refractivity contribution in [3.8, 4) is 11.8 Å². The van der Waals surface area contributed by atoms with Gasteiger partial charge in [0.1, 0.15) is 0 Å². The van der Waals surface area contributed by atoms with Crippen LogP contribution in [0, 0.1) is 35.5 Å². The minimum absolute atomic E-state index is 0.131. The molecule has 1 aliphatic carbocycles. The first-order valence-corrected chi connectivity index (χ1v) is 16.0. The summed E-state index contributed by atoms with van der Waals surface area (Å²) < 4.78 is 6.91. The normalized spacial score (nSPS) is 18.3. The molecule has 38 heavy (non-hydrogen) atoms. The molecule has 1 unspecified atom stereocenters. The number of ketones is 1. The summed E-state index contributed by atoms with van der Waals surface area (Å²) in [5, 5.41) is 11.7. The molecular weight excluding hydrogens is 488 g/mol. The lowest BCUT2D eigenvalue weighted by atomic mass is 9.72. The Morgan fingerprint density at radius 3 is 2.03 bits per heavy atom. The topological polar surface area (TPSA) is 63.6 Å². The maximum absolute atomic E-state index is 12.9. The molecule has 1 saturated carbocycles. The SMILES string of the molecule is CC(C)CC1CC(C#CC(=O)C(CCCO[Si](c2ccccc2)(c2ccccc2)C(C)(C)C)CC(=O)O)C1. The average Bonchev–Trinajstić information content (AvgIpc) is 2.84. The van der Waals surface area contributed by atoms with Gasteiger partial charge in [-0.25, -0.2) is 0 Å². The van der Waals surface area contributed by atoms with Crippen molar-refractivity contribution in [2.45, 2.75) is 78.2 Å². The van der Waals surface area contributed by atoms with Crippen LogP contribution in [0.5, 0.6) is 0 Å². The summed E-state index contributed by atoms with van der Waals surface area (Å²) in [5.41, 5.74) is 0. The fourth-order valence-corrected chi connectivity index (χ4v) is 10.4. The second kappa shape index (κ2) is 13.4. The fraction of sp³-hybridized carbons (Fsp3) is 0.515. The molecule has 5 heteroatoms. The van der Waals surface area contributed by atoms with Gasteiger partial charge in [-0.2, -0.15) is 0 Å². The number of carbonyl (C=O) groups is 2. The Labute approximate surface area is 230 Å². The molecule has 1 N–H and O–H groups in total. The van der Waals surface area contributed by atoms with Gasteiger partial charge in [0, 0.05) is 18.4 Å². The van der Waals surface area contributed by atoms with E-state index in [4.69, 9.17) is 4.43 Å². The van der Waals surface area contributed by atoms with E-state index in [2.05, 4.69) is 95.0 Å². The van der Waals surface area contributed by atoms with E-state index >= 15 is 0 Å². The van der Waals surface area contributed by atoms with Crippen LogP contribution in [0.4, 0.5) is 0 Å². The van der Waals surface area contributed by atoms with Gasteiger partial charge in [0.2, 0.25) is 5.78 Å². The summed E-state index contributed by atoms with van der Waals surface area (Å²) in [6, 6.07) is 20.9. The Balaban J connectivity index is 1.69. The van der Waals surface area contributed by atoms with E-state index in [1.165, 1.54) is 16.8 Å². The molecular formula is C33H44O4Si. The van der Waals surface area contributed by atoms with Gasteiger partial charge >= 0.3 is 5.97 Å². The van der Waals surface area contributed by atoms with Gasteiger partial charge < -0.3 is 9.53 Å². The Hall–Kier alpha value is -2.68. The second-order valence-corrected chi connectivity index (χ2v) is 16.6. The Morgan fingerprint density at radius 2 is 1.55 bits per heavy atom. The van der Waals surface area contributed by atoms with Gasteiger partial charge in [0.25, 0.3) is 8.32 Å². The molecule has 1 atom stereocenters. The van der Waals surface area contributed by atoms with Crippen molar-refractivity contribution in [1.82, 2.24) is 0 Å². The molecule has 3 rings (SSSR count). The smallest absolute Gasteiger partial charge is 0.304 e.